The summed E-state index contributed by atoms with van der Waals surface area (Å²) < 4.78 is 7.35. The first-order valence-electron chi connectivity index (χ1n) is 5.00. The quantitative estimate of drug-likeness (QED) is 0.773. The molecule has 0 bridgehead atoms. The topological polar surface area (TPSA) is 39.9 Å². The van der Waals surface area contributed by atoms with E-state index in [1.165, 1.54) is 0 Å². The zero-order chi connectivity index (χ0) is 9.97. The van der Waals surface area contributed by atoms with Crippen LogP contribution in [0, 0.1) is 0 Å². The zero-order valence-electron chi connectivity index (χ0n) is 8.24. The van der Waals surface area contributed by atoms with Crippen LogP contribution >= 0.6 is 11.6 Å². The molecule has 2 rings (SSSR count). The molecule has 14 heavy (non-hydrogen) atoms. The molecule has 4 nitrogen and oxygen atoms in total. The van der Waals surface area contributed by atoms with E-state index < -0.39 is 0 Å². The normalized spacial score (nSPS) is 21.7. The van der Waals surface area contributed by atoms with Crippen LogP contribution in [0.4, 0.5) is 0 Å². The Labute approximate surface area is 88.2 Å². The number of aryl methyl sites for hydroxylation is 1. The average Bonchev–Trinajstić information content (AvgIpc) is 2.76. The fraction of sp³-hybridized carbons (Fsp3) is 0.778. The van der Waals surface area contributed by atoms with Crippen molar-refractivity contribution >= 4 is 11.6 Å². The van der Waals surface area contributed by atoms with Gasteiger partial charge in [-0.15, -0.1) is 10.2 Å². The van der Waals surface area contributed by atoms with E-state index in [-0.39, 0.29) is 0 Å². The molecule has 0 aromatic carbocycles. The number of aromatic nitrogens is 3. The predicted molar refractivity (Wildman–Crippen MR) is 53.5 cm³/mol. The molecule has 1 aromatic heterocycles. The molecular formula is C9H14ClN3O. The highest BCUT2D eigenvalue weighted by atomic mass is 35.5. The Balaban J connectivity index is 2.24. The number of rotatable bonds is 3. The van der Waals surface area contributed by atoms with E-state index in [0.717, 1.165) is 38.3 Å². The van der Waals surface area contributed by atoms with Crippen molar-refractivity contribution < 1.29 is 4.74 Å². The van der Waals surface area contributed by atoms with Crippen molar-refractivity contribution in [2.24, 2.45) is 0 Å². The summed E-state index contributed by atoms with van der Waals surface area (Å²) in [7, 11) is 0. The van der Waals surface area contributed by atoms with E-state index in [1.54, 1.807) is 0 Å². The molecule has 0 amide bonds. The van der Waals surface area contributed by atoms with E-state index in [9.17, 15) is 0 Å². The van der Waals surface area contributed by atoms with Crippen molar-refractivity contribution in [2.45, 2.75) is 32.2 Å². The van der Waals surface area contributed by atoms with E-state index in [4.69, 9.17) is 16.3 Å². The first-order valence-corrected chi connectivity index (χ1v) is 5.37. The van der Waals surface area contributed by atoms with Crippen molar-refractivity contribution in [3.05, 3.63) is 11.1 Å². The third-order valence-corrected chi connectivity index (χ3v) is 2.73. The molecule has 1 aromatic rings. The van der Waals surface area contributed by atoms with Crippen LogP contribution in [0.2, 0.25) is 5.28 Å². The summed E-state index contributed by atoms with van der Waals surface area (Å²) in [6, 6.07) is 0.332. The van der Waals surface area contributed by atoms with Gasteiger partial charge in [0.25, 0.3) is 0 Å². The van der Waals surface area contributed by atoms with Crippen molar-refractivity contribution in [3.8, 4) is 0 Å². The first kappa shape index (κ1) is 9.93. The molecule has 5 heteroatoms. The van der Waals surface area contributed by atoms with E-state index in [0.29, 0.717) is 11.3 Å². The van der Waals surface area contributed by atoms with Crippen molar-refractivity contribution in [1.82, 2.24) is 14.8 Å². The Kier molecular flexibility index (Phi) is 3.03. The van der Waals surface area contributed by atoms with Gasteiger partial charge in [-0.2, -0.15) is 0 Å². The largest absolute Gasteiger partial charge is 0.379 e. The highest BCUT2D eigenvalue weighted by Crippen LogP contribution is 2.24. The number of nitrogens with zero attached hydrogens (tertiary/aromatic N) is 3. The monoisotopic (exact) mass is 215 g/mol. The fourth-order valence-electron chi connectivity index (χ4n) is 1.78. The van der Waals surface area contributed by atoms with Gasteiger partial charge in [0.2, 0.25) is 5.28 Å². The molecule has 1 atom stereocenters. The molecule has 0 saturated carbocycles. The summed E-state index contributed by atoms with van der Waals surface area (Å²) in [5, 5.41) is 8.47. The minimum absolute atomic E-state index is 0.332. The highest BCUT2D eigenvalue weighted by Gasteiger charge is 2.23. The van der Waals surface area contributed by atoms with Crippen molar-refractivity contribution in [3.63, 3.8) is 0 Å². The lowest BCUT2D eigenvalue weighted by atomic mass is 10.2. The second-order valence-corrected chi connectivity index (χ2v) is 3.86. The van der Waals surface area contributed by atoms with E-state index in [1.807, 2.05) is 4.57 Å². The Bertz CT molecular complexity index is 307. The average molecular weight is 216 g/mol. The third-order valence-electron chi connectivity index (χ3n) is 2.47. The van der Waals surface area contributed by atoms with Crippen LogP contribution in [-0.4, -0.2) is 28.0 Å². The number of hydrogen-bond donors (Lipinski definition) is 0. The summed E-state index contributed by atoms with van der Waals surface area (Å²) in [6.07, 6.45) is 2.99. The molecule has 1 fully saturated rings. The van der Waals surface area contributed by atoms with Crippen LogP contribution < -0.4 is 0 Å². The molecule has 0 aliphatic carbocycles. The number of halogens is 1. The lowest BCUT2D eigenvalue weighted by Crippen LogP contribution is -2.12. The SMILES string of the molecule is CCCc1nnc(Cl)n1C1CCOC1. The van der Waals surface area contributed by atoms with Gasteiger partial charge in [0.15, 0.2) is 0 Å². The first-order chi connectivity index (χ1) is 6.83. The minimum atomic E-state index is 0.332. The fourth-order valence-corrected chi connectivity index (χ4v) is 2.06. The Morgan fingerprint density at radius 1 is 1.57 bits per heavy atom. The molecular weight excluding hydrogens is 202 g/mol. The molecule has 2 heterocycles. The van der Waals surface area contributed by atoms with Gasteiger partial charge in [0.1, 0.15) is 5.82 Å². The van der Waals surface area contributed by atoms with Gasteiger partial charge < -0.3 is 4.74 Å². The van der Waals surface area contributed by atoms with Crippen LogP contribution in [0.1, 0.15) is 31.6 Å². The third kappa shape index (κ3) is 1.77. The molecule has 78 valence electrons. The number of hydrogen-bond acceptors (Lipinski definition) is 3. The van der Waals surface area contributed by atoms with Crippen molar-refractivity contribution in [2.75, 3.05) is 13.2 Å². The second-order valence-electron chi connectivity index (χ2n) is 3.52. The van der Waals surface area contributed by atoms with Gasteiger partial charge in [-0.25, -0.2) is 0 Å². The smallest absolute Gasteiger partial charge is 0.225 e. The Hall–Kier alpha value is -0.610. The van der Waals surface area contributed by atoms with Gasteiger partial charge in [-0.1, -0.05) is 6.92 Å². The molecule has 0 spiro atoms. The molecule has 1 saturated heterocycles. The molecule has 1 aliphatic heterocycles. The Morgan fingerprint density at radius 2 is 2.43 bits per heavy atom. The molecule has 1 unspecified atom stereocenters. The van der Waals surface area contributed by atoms with Gasteiger partial charge in [-0.05, 0) is 24.4 Å². The summed E-state index contributed by atoms with van der Waals surface area (Å²) >= 11 is 5.99. The maximum absolute atomic E-state index is 5.99. The summed E-state index contributed by atoms with van der Waals surface area (Å²) in [5.74, 6) is 0.980. The molecule has 1 aliphatic rings. The summed E-state index contributed by atoms with van der Waals surface area (Å²) in [5.41, 5.74) is 0. The highest BCUT2D eigenvalue weighted by molar-refractivity contribution is 6.28. The van der Waals surface area contributed by atoms with Crippen LogP contribution in [-0.2, 0) is 11.2 Å². The number of ether oxygens (including phenoxy) is 1. The summed E-state index contributed by atoms with van der Waals surface area (Å²) in [4.78, 5) is 0. The second kappa shape index (κ2) is 4.28. The lowest BCUT2D eigenvalue weighted by Gasteiger charge is -2.12. The van der Waals surface area contributed by atoms with Crippen LogP contribution in [0.25, 0.3) is 0 Å². The summed E-state index contributed by atoms with van der Waals surface area (Å²) in [6.45, 7) is 3.66. The van der Waals surface area contributed by atoms with Crippen LogP contribution in [0.5, 0.6) is 0 Å². The van der Waals surface area contributed by atoms with Crippen LogP contribution in [0.3, 0.4) is 0 Å². The van der Waals surface area contributed by atoms with E-state index in [2.05, 4.69) is 17.1 Å². The maximum Gasteiger partial charge on any atom is 0.225 e. The zero-order valence-corrected chi connectivity index (χ0v) is 9.00. The lowest BCUT2D eigenvalue weighted by molar-refractivity contribution is 0.186. The maximum atomic E-state index is 5.99. The van der Waals surface area contributed by atoms with Crippen molar-refractivity contribution in [1.29, 1.82) is 0 Å². The van der Waals surface area contributed by atoms with Gasteiger partial charge in [0.05, 0.1) is 12.6 Å². The van der Waals surface area contributed by atoms with Gasteiger partial charge in [-0.3, -0.25) is 4.57 Å². The minimum Gasteiger partial charge on any atom is -0.379 e. The van der Waals surface area contributed by atoms with Gasteiger partial charge >= 0.3 is 0 Å². The molecule has 0 N–H and O–H groups in total. The van der Waals surface area contributed by atoms with E-state index >= 15 is 0 Å². The van der Waals surface area contributed by atoms with Crippen LogP contribution in [0.15, 0.2) is 0 Å². The molecule has 0 radical (unpaired) electrons. The predicted octanol–water partition coefficient (Wildman–Crippen LogP) is 1.85. The standard InChI is InChI=1S/C9H14ClN3O/c1-2-3-8-11-12-9(10)13(8)7-4-5-14-6-7/h7H,2-6H2,1H3. The Morgan fingerprint density at radius 3 is 3.07 bits per heavy atom. The van der Waals surface area contributed by atoms with Gasteiger partial charge in [0, 0.05) is 13.0 Å².